The molecule has 1 fully saturated rings. The van der Waals surface area contributed by atoms with Crippen molar-refractivity contribution in [2.24, 2.45) is 11.8 Å². The lowest BCUT2D eigenvalue weighted by Gasteiger charge is -2.38. The normalized spacial score (nSPS) is 19.8. The Balaban J connectivity index is 1.35. The van der Waals surface area contributed by atoms with Crippen LogP contribution in [0.4, 0.5) is 0 Å². The monoisotopic (exact) mass is 482 g/mol. The molecule has 34 heavy (non-hydrogen) atoms. The van der Waals surface area contributed by atoms with Crippen molar-refractivity contribution < 1.29 is 19.7 Å². The van der Waals surface area contributed by atoms with E-state index in [0.717, 1.165) is 67.5 Å². The van der Waals surface area contributed by atoms with Gasteiger partial charge in [-0.2, -0.15) is 0 Å². The molecule has 3 heterocycles. The van der Waals surface area contributed by atoms with Crippen LogP contribution in [0.3, 0.4) is 0 Å². The highest BCUT2D eigenvalue weighted by Crippen LogP contribution is 2.35. The summed E-state index contributed by atoms with van der Waals surface area (Å²) >= 11 is 1.80. The molecule has 1 saturated heterocycles. The number of piperidine rings is 1. The van der Waals surface area contributed by atoms with Crippen LogP contribution in [0.2, 0.25) is 0 Å². The zero-order chi connectivity index (χ0) is 23.9. The smallest absolute Gasteiger partial charge is 0.303 e. The van der Waals surface area contributed by atoms with Crippen LogP contribution in [0.5, 0.6) is 5.75 Å². The Kier molecular flexibility index (Phi) is 8.53. The largest absolute Gasteiger partial charge is 0.497 e. The molecule has 0 saturated carbocycles. The zero-order valence-corrected chi connectivity index (χ0v) is 20.5. The van der Waals surface area contributed by atoms with Crippen LogP contribution in [-0.4, -0.2) is 52.8 Å². The van der Waals surface area contributed by atoms with Gasteiger partial charge in [0.25, 0.3) is 0 Å². The molecule has 3 atom stereocenters. The quantitative estimate of drug-likeness (QED) is 0.393. The molecule has 0 bridgehead atoms. The third-order valence-electron chi connectivity index (χ3n) is 7.04. The van der Waals surface area contributed by atoms with Crippen molar-refractivity contribution in [1.29, 1.82) is 0 Å². The van der Waals surface area contributed by atoms with E-state index < -0.39 is 12.1 Å². The first-order valence-electron chi connectivity index (χ1n) is 12.1. The van der Waals surface area contributed by atoms with Crippen molar-refractivity contribution in [2.75, 3.05) is 26.7 Å². The number of aliphatic carboxylic acids is 1. The van der Waals surface area contributed by atoms with Gasteiger partial charge in [0.05, 0.1) is 18.7 Å². The van der Waals surface area contributed by atoms with E-state index in [1.54, 1.807) is 24.6 Å². The number of aliphatic hydroxyl groups is 1. The van der Waals surface area contributed by atoms with E-state index >= 15 is 0 Å². The molecule has 7 heteroatoms. The molecular formula is C27H34N2O4S. The van der Waals surface area contributed by atoms with Crippen molar-refractivity contribution >= 4 is 28.2 Å². The number of methoxy groups -OCH3 is 1. The SMILES string of the molecule is COc1ccc2nccc([C@@H](O)CC[C@@H]3CCN(CCCc4cccs4)C[C@@H]3CC(=O)O)c2c1. The summed E-state index contributed by atoms with van der Waals surface area (Å²) in [5.74, 6) is 0.432. The topological polar surface area (TPSA) is 82.9 Å². The van der Waals surface area contributed by atoms with Crippen LogP contribution < -0.4 is 4.74 Å². The predicted octanol–water partition coefficient (Wildman–Crippen LogP) is 5.16. The van der Waals surface area contributed by atoms with E-state index in [1.165, 1.54) is 4.88 Å². The zero-order valence-electron chi connectivity index (χ0n) is 19.7. The Morgan fingerprint density at radius 1 is 1.29 bits per heavy atom. The van der Waals surface area contributed by atoms with E-state index in [9.17, 15) is 15.0 Å². The molecular weight excluding hydrogens is 448 g/mol. The van der Waals surface area contributed by atoms with E-state index in [2.05, 4.69) is 27.4 Å². The highest BCUT2D eigenvalue weighted by atomic mass is 32.1. The molecule has 4 rings (SSSR count). The number of hydrogen-bond acceptors (Lipinski definition) is 6. The molecule has 6 nitrogen and oxygen atoms in total. The minimum atomic E-state index is -0.733. The second-order valence-electron chi connectivity index (χ2n) is 9.27. The molecule has 0 amide bonds. The minimum absolute atomic E-state index is 0.120. The maximum absolute atomic E-state index is 11.6. The molecule has 1 aromatic carbocycles. The number of carboxylic acids is 1. The van der Waals surface area contributed by atoms with Crippen LogP contribution >= 0.6 is 11.3 Å². The molecule has 2 N–H and O–H groups in total. The van der Waals surface area contributed by atoms with Gasteiger partial charge in [-0.1, -0.05) is 6.07 Å². The maximum atomic E-state index is 11.6. The summed E-state index contributed by atoms with van der Waals surface area (Å²) < 4.78 is 5.35. The van der Waals surface area contributed by atoms with Gasteiger partial charge in [0.2, 0.25) is 0 Å². The Morgan fingerprint density at radius 2 is 2.18 bits per heavy atom. The van der Waals surface area contributed by atoms with Crippen molar-refractivity contribution in [3.05, 3.63) is 58.4 Å². The van der Waals surface area contributed by atoms with E-state index in [-0.39, 0.29) is 12.3 Å². The summed E-state index contributed by atoms with van der Waals surface area (Å²) in [5.41, 5.74) is 1.68. The van der Waals surface area contributed by atoms with Gasteiger partial charge < -0.3 is 19.8 Å². The average molecular weight is 483 g/mol. The van der Waals surface area contributed by atoms with Crippen molar-refractivity contribution in [1.82, 2.24) is 9.88 Å². The Morgan fingerprint density at radius 3 is 2.94 bits per heavy atom. The average Bonchev–Trinajstić information content (AvgIpc) is 3.36. The van der Waals surface area contributed by atoms with Crippen LogP contribution in [0.1, 0.15) is 48.6 Å². The molecule has 0 unspecified atom stereocenters. The summed E-state index contributed by atoms with van der Waals surface area (Å²) in [6.07, 6.45) is 5.89. The number of aryl methyl sites for hydroxylation is 1. The molecule has 1 aliphatic rings. The molecule has 1 aliphatic heterocycles. The number of carbonyl (C=O) groups is 1. The van der Waals surface area contributed by atoms with E-state index in [0.29, 0.717) is 12.3 Å². The van der Waals surface area contributed by atoms with Crippen LogP contribution in [0.15, 0.2) is 48.0 Å². The maximum Gasteiger partial charge on any atom is 0.303 e. The van der Waals surface area contributed by atoms with Gasteiger partial charge in [-0.05, 0) is 98.3 Å². The van der Waals surface area contributed by atoms with Crippen molar-refractivity contribution in [3.63, 3.8) is 0 Å². The first-order chi connectivity index (χ1) is 16.5. The Labute approximate surface area is 205 Å². The molecule has 0 aliphatic carbocycles. The lowest BCUT2D eigenvalue weighted by molar-refractivity contribution is -0.139. The van der Waals surface area contributed by atoms with Crippen molar-refractivity contribution in [3.8, 4) is 5.75 Å². The second-order valence-corrected chi connectivity index (χ2v) is 10.3. The number of aromatic nitrogens is 1. The van der Waals surface area contributed by atoms with Gasteiger partial charge in [-0.25, -0.2) is 0 Å². The van der Waals surface area contributed by atoms with Gasteiger partial charge in [-0.15, -0.1) is 11.3 Å². The summed E-state index contributed by atoms with van der Waals surface area (Å²) in [4.78, 5) is 19.8. The number of thiophene rings is 1. The van der Waals surface area contributed by atoms with Gasteiger partial charge >= 0.3 is 5.97 Å². The van der Waals surface area contributed by atoms with Crippen LogP contribution in [0.25, 0.3) is 10.9 Å². The summed E-state index contributed by atoms with van der Waals surface area (Å²) in [6.45, 7) is 2.83. The Bertz CT molecular complexity index is 1070. The fourth-order valence-corrected chi connectivity index (χ4v) is 5.97. The highest BCUT2D eigenvalue weighted by molar-refractivity contribution is 7.09. The van der Waals surface area contributed by atoms with E-state index in [4.69, 9.17) is 4.74 Å². The number of pyridine rings is 1. The van der Waals surface area contributed by atoms with Crippen LogP contribution in [0, 0.1) is 11.8 Å². The lowest BCUT2D eigenvalue weighted by Crippen LogP contribution is -2.42. The summed E-state index contributed by atoms with van der Waals surface area (Å²) in [5, 5.41) is 23.6. The fourth-order valence-electron chi connectivity index (χ4n) is 5.22. The van der Waals surface area contributed by atoms with E-state index in [1.807, 2.05) is 24.3 Å². The van der Waals surface area contributed by atoms with Gasteiger partial charge in [0.15, 0.2) is 0 Å². The molecule has 182 valence electrons. The predicted molar refractivity (Wildman–Crippen MR) is 135 cm³/mol. The third kappa shape index (κ3) is 6.34. The first-order valence-corrected chi connectivity index (χ1v) is 13.0. The number of nitrogens with zero attached hydrogens (tertiary/aromatic N) is 2. The number of likely N-dealkylation sites (tertiary alicyclic amines) is 1. The molecule has 2 aromatic heterocycles. The summed E-state index contributed by atoms with van der Waals surface area (Å²) in [6, 6.07) is 11.8. The second kappa shape index (κ2) is 11.8. The summed E-state index contributed by atoms with van der Waals surface area (Å²) in [7, 11) is 1.63. The minimum Gasteiger partial charge on any atom is -0.497 e. The number of hydrogen-bond donors (Lipinski definition) is 2. The standard InChI is InChI=1S/C27H34N2O4S/c1-33-21-7-8-25-24(17-21)23(10-12-28-25)26(30)9-6-19-11-14-29(18-20(19)16-27(31)32)13-2-4-22-5-3-15-34-22/h3,5,7-8,10,12,15,17,19-20,26,30H,2,4,6,9,11,13-14,16,18H2,1H3,(H,31,32)/t19-,20+,26+/m1/s1. The lowest BCUT2D eigenvalue weighted by atomic mass is 9.79. The van der Waals surface area contributed by atoms with Gasteiger partial charge in [0.1, 0.15) is 5.75 Å². The number of rotatable bonds is 11. The molecule has 3 aromatic rings. The number of fused-ring (bicyclic) bond motifs is 1. The number of ether oxygens (including phenoxy) is 1. The van der Waals surface area contributed by atoms with Crippen LogP contribution in [-0.2, 0) is 11.2 Å². The third-order valence-corrected chi connectivity index (χ3v) is 7.98. The number of aliphatic hydroxyl groups excluding tert-OH is 1. The molecule has 0 spiro atoms. The first kappa shape index (κ1) is 24.6. The van der Waals surface area contributed by atoms with Crippen molar-refractivity contribution in [2.45, 2.75) is 44.6 Å². The molecule has 0 radical (unpaired) electrons. The Hall–Kier alpha value is -2.48. The number of benzene rings is 1. The highest BCUT2D eigenvalue weighted by Gasteiger charge is 2.31. The number of carboxylic acid groups (broad SMARTS) is 1. The van der Waals surface area contributed by atoms with Gasteiger partial charge in [-0.3, -0.25) is 9.78 Å². The van der Waals surface area contributed by atoms with Gasteiger partial charge in [0, 0.05) is 29.4 Å². The fraction of sp³-hybridized carbons (Fsp3) is 0.481.